The van der Waals surface area contributed by atoms with E-state index in [-0.39, 0.29) is 11.8 Å². The molecule has 2 aliphatic rings. The van der Waals surface area contributed by atoms with Gasteiger partial charge in [0.2, 0.25) is 12.0 Å². The van der Waals surface area contributed by atoms with Crippen LogP contribution in [-0.2, 0) is 14.4 Å². The van der Waals surface area contributed by atoms with E-state index in [1.165, 1.54) is 4.90 Å². The van der Waals surface area contributed by atoms with Crippen molar-refractivity contribution < 1.29 is 14.4 Å². The average molecular weight is 421 g/mol. The van der Waals surface area contributed by atoms with Gasteiger partial charge in [0.15, 0.2) is 0 Å². The molecule has 5 rings (SSSR count). The highest BCUT2D eigenvalue weighted by atomic mass is 79.9. The van der Waals surface area contributed by atoms with E-state index in [2.05, 4.69) is 21.1 Å². The van der Waals surface area contributed by atoms with E-state index in [9.17, 15) is 9.59 Å². The van der Waals surface area contributed by atoms with Crippen LogP contribution in [0.3, 0.4) is 0 Å². The van der Waals surface area contributed by atoms with Gasteiger partial charge < -0.3 is 4.84 Å². The van der Waals surface area contributed by atoms with E-state index < -0.39 is 12.0 Å². The number of fused-ring (bicyclic) bond motifs is 2. The minimum Gasteiger partial charge on any atom is -0.381 e. The molecule has 2 atom stereocenters. The van der Waals surface area contributed by atoms with Gasteiger partial charge in [-0.15, -0.1) is 0 Å². The van der Waals surface area contributed by atoms with Crippen LogP contribution < -0.4 is 4.90 Å². The van der Waals surface area contributed by atoms with Gasteiger partial charge in [0, 0.05) is 15.4 Å². The highest BCUT2D eigenvalue weighted by molar-refractivity contribution is 9.10. The summed E-state index contributed by atoms with van der Waals surface area (Å²) in [6.07, 6.45) is -0.907. The van der Waals surface area contributed by atoms with Crippen molar-refractivity contribution in [1.82, 2.24) is 0 Å². The number of carbonyl (C=O) groups excluding carboxylic acids is 2. The predicted octanol–water partition coefficient (Wildman–Crippen LogP) is 3.89. The van der Waals surface area contributed by atoms with Crippen molar-refractivity contribution in [3.05, 3.63) is 76.8 Å². The molecule has 1 saturated heterocycles. The van der Waals surface area contributed by atoms with E-state index in [1.54, 1.807) is 6.07 Å². The topological polar surface area (TPSA) is 59.0 Å². The quantitative estimate of drug-likeness (QED) is 0.590. The molecule has 3 aromatic rings. The normalized spacial score (nSPS) is 21.4. The minimum atomic E-state index is -0.907. The zero-order valence-electron chi connectivity index (χ0n) is 14.0. The number of amides is 2. The molecule has 0 saturated carbocycles. The first-order chi connectivity index (χ1) is 13.1. The number of rotatable bonds is 2. The van der Waals surface area contributed by atoms with Crippen LogP contribution in [0.15, 0.2) is 76.4 Å². The van der Waals surface area contributed by atoms with E-state index in [0.29, 0.717) is 11.4 Å². The zero-order chi connectivity index (χ0) is 18.5. The molecule has 1 fully saturated rings. The van der Waals surface area contributed by atoms with Crippen LogP contribution in [0.4, 0.5) is 5.69 Å². The molecule has 0 spiro atoms. The maximum atomic E-state index is 13.2. The Bertz CT molecular complexity index is 1120. The van der Waals surface area contributed by atoms with Crippen LogP contribution in [0.1, 0.15) is 5.56 Å². The van der Waals surface area contributed by atoms with Crippen molar-refractivity contribution in [2.75, 3.05) is 4.90 Å². The Hall–Kier alpha value is -2.99. The Morgan fingerprint density at radius 3 is 2.44 bits per heavy atom. The average Bonchev–Trinajstić information content (AvgIpc) is 3.23. The first-order valence-corrected chi connectivity index (χ1v) is 9.30. The molecule has 0 N–H and O–H groups in total. The van der Waals surface area contributed by atoms with Gasteiger partial charge in [0.05, 0.1) is 5.69 Å². The third-order valence-electron chi connectivity index (χ3n) is 4.96. The molecule has 2 heterocycles. The van der Waals surface area contributed by atoms with Crippen LogP contribution in [0.5, 0.6) is 0 Å². The fourth-order valence-corrected chi connectivity index (χ4v) is 3.94. The fourth-order valence-electron chi connectivity index (χ4n) is 3.68. The molecule has 6 heteroatoms. The van der Waals surface area contributed by atoms with Gasteiger partial charge in [-0.2, -0.15) is 0 Å². The van der Waals surface area contributed by atoms with Gasteiger partial charge in [-0.1, -0.05) is 69.6 Å². The number of benzene rings is 3. The van der Waals surface area contributed by atoms with Crippen molar-refractivity contribution in [2.24, 2.45) is 11.1 Å². The predicted molar refractivity (Wildman–Crippen MR) is 105 cm³/mol. The summed E-state index contributed by atoms with van der Waals surface area (Å²) in [5.41, 5.74) is 1.84. The van der Waals surface area contributed by atoms with E-state index >= 15 is 0 Å². The zero-order valence-corrected chi connectivity index (χ0v) is 15.6. The van der Waals surface area contributed by atoms with Crippen LogP contribution in [0.2, 0.25) is 0 Å². The number of imide groups is 1. The third-order valence-corrected chi connectivity index (χ3v) is 5.49. The molecule has 3 aromatic carbocycles. The summed E-state index contributed by atoms with van der Waals surface area (Å²) in [6, 6.07) is 20.7. The second kappa shape index (κ2) is 6.03. The van der Waals surface area contributed by atoms with Gasteiger partial charge in [-0.25, -0.2) is 4.90 Å². The lowest BCUT2D eigenvalue weighted by atomic mass is 9.94. The lowest BCUT2D eigenvalue weighted by Gasteiger charge is -2.17. The summed E-state index contributed by atoms with van der Waals surface area (Å²) < 4.78 is 0.925. The SMILES string of the molecule is O=C1[C@@H]2C(c3ccc(Br)cc3)=NO[C@@H]2C(=O)N1c1cccc2ccccc12. The summed E-state index contributed by atoms with van der Waals surface area (Å²) in [5.74, 6) is -1.41. The number of nitrogens with zero attached hydrogens (tertiary/aromatic N) is 2. The third kappa shape index (κ3) is 2.40. The Labute approximate surface area is 163 Å². The summed E-state index contributed by atoms with van der Waals surface area (Å²) in [4.78, 5) is 32.8. The molecular formula is C21H13BrN2O3. The number of halogens is 1. The monoisotopic (exact) mass is 420 g/mol. The van der Waals surface area contributed by atoms with Gasteiger partial charge in [0.25, 0.3) is 5.91 Å². The van der Waals surface area contributed by atoms with E-state index in [0.717, 1.165) is 20.8 Å². The molecule has 5 nitrogen and oxygen atoms in total. The number of hydrogen-bond donors (Lipinski definition) is 0. The Morgan fingerprint density at radius 2 is 1.63 bits per heavy atom. The lowest BCUT2D eigenvalue weighted by molar-refractivity contribution is -0.126. The molecule has 2 aliphatic heterocycles. The minimum absolute atomic E-state index is 0.305. The Morgan fingerprint density at radius 1 is 0.889 bits per heavy atom. The van der Waals surface area contributed by atoms with E-state index in [1.807, 2.05) is 60.7 Å². The molecule has 0 aliphatic carbocycles. The maximum absolute atomic E-state index is 13.2. The van der Waals surface area contributed by atoms with Crippen LogP contribution in [0, 0.1) is 5.92 Å². The summed E-state index contributed by atoms with van der Waals surface area (Å²) >= 11 is 3.39. The first-order valence-electron chi connectivity index (χ1n) is 8.50. The van der Waals surface area contributed by atoms with Gasteiger partial charge in [-0.3, -0.25) is 9.59 Å². The molecule has 2 amide bonds. The second-order valence-electron chi connectivity index (χ2n) is 6.50. The Balaban J connectivity index is 1.58. The highest BCUT2D eigenvalue weighted by Crippen LogP contribution is 2.37. The largest absolute Gasteiger partial charge is 0.381 e. The second-order valence-corrected chi connectivity index (χ2v) is 7.41. The number of anilines is 1. The molecule has 0 bridgehead atoms. The number of carbonyl (C=O) groups is 2. The molecular weight excluding hydrogens is 408 g/mol. The van der Waals surface area contributed by atoms with Crippen LogP contribution in [0.25, 0.3) is 10.8 Å². The molecule has 0 unspecified atom stereocenters. The smallest absolute Gasteiger partial charge is 0.278 e. The summed E-state index contributed by atoms with van der Waals surface area (Å²) in [7, 11) is 0. The van der Waals surface area contributed by atoms with Crippen molar-refractivity contribution in [3.8, 4) is 0 Å². The van der Waals surface area contributed by atoms with Crippen molar-refractivity contribution in [2.45, 2.75) is 6.10 Å². The maximum Gasteiger partial charge on any atom is 0.278 e. The van der Waals surface area contributed by atoms with Crippen molar-refractivity contribution in [3.63, 3.8) is 0 Å². The van der Waals surface area contributed by atoms with Gasteiger partial charge in [0.1, 0.15) is 11.6 Å². The lowest BCUT2D eigenvalue weighted by Crippen LogP contribution is -2.33. The number of hydrogen-bond acceptors (Lipinski definition) is 4. The first kappa shape index (κ1) is 16.2. The fraction of sp³-hybridized carbons (Fsp3) is 0.0952. The number of oxime groups is 1. The molecule has 27 heavy (non-hydrogen) atoms. The van der Waals surface area contributed by atoms with Crippen LogP contribution in [-0.4, -0.2) is 23.6 Å². The standard InChI is InChI=1S/C21H13BrN2O3/c22-14-10-8-13(9-11-14)18-17-19(27-23-18)21(26)24(20(17)25)16-7-3-5-12-4-1-2-6-15(12)16/h1-11,17,19H/t17-,19+/m1/s1. The molecule has 0 radical (unpaired) electrons. The van der Waals surface area contributed by atoms with Gasteiger partial charge >= 0.3 is 0 Å². The molecule has 0 aromatic heterocycles. The van der Waals surface area contributed by atoms with Crippen molar-refractivity contribution >= 4 is 49.9 Å². The summed E-state index contributed by atoms with van der Waals surface area (Å²) in [5, 5.41) is 5.86. The Kier molecular flexibility index (Phi) is 3.62. The van der Waals surface area contributed by atoms with E-state index in [4.69, 9.17) is 4.84 Å². The van der Waals surface area contributed by atoms with Crippen molar-refractivity contribution in [1.29, 1.82) is 0 Å². The summed E-state index contributed by atoms with van der Waals surface area (Å²) in [6.45, 7) is 0. The molecule has 132 valence electrons. The van der Waals surface area contributed by atoms with Gasteiger partial charge in [-0.05, 0) is 23.6 Å². The van der Waals surface area contributed by atoms with Crippen LogP contribution >= 0.6 is 15.9 Å². The highest BCUT2D eigenvalue weighted by Gasteiger charge is 2.56.